The van der Waals surface area contributed by atoms with E-state index >= 15 is 0 Å². The Morgan fingerprint density at radius 1 is 0.607 bits per heavy atom. The Morgan fingerprint density at radius 3 is 1.43 bits per heavy atom. The summed E-state index contributed by atoms with van der Waals surface area (Å²) in [5.74, 6) is 0.505. The van der Waals surface area contributed by atoms with Gasteiger partial charge in [-0.3, -0.25) is 4.99 Å². The minimum Gasteiger partial charge on any atom is -0.341 e. The highest BCUT2D eigenvalue weighted by molar-refractivity contribution is 6.41. The second kappa shape index (κ2) is 8.96. The van der Waals surface area contributed by atoms with E-state index in [1.54, 1.807) is 0 Å². The molecule has 0 radical (unpaired) electrons. The fraction of sp³-hybridized carbons (Fsp3) is 0.375. The molecule has 0 aliphatic carbocycles. The molecular weight excluding hydrogens is 346 g/mol. The van der Waals surface area contributed by atoms with E-state index in [-0.39, 0.29) is 0 Å². The van der Waals surface area contributed by atoms with Crippen molar-refractivity contribution in [3.8, 4) is 0 Å². The van der Waals surface area contributed by atoms with Crippen molar-refractivity contribution in [1.82, 2.24) is 0 Å². The van der Waals surface area contributed by atoms with Crippen LogP contribution in [-0.4, -0.2) is 17.3 Å². The summed E-state index contributed by atoms with van der Waals surface area (Å²) in [6.07, 6.45) is 0. The molecular formula is C24H31N3O. The van der Waals surface area contributed by atoms with Crippen LogP contribution in [0.15, 0.2) is 39.4 Å². The molecule has 2 aromatic rings. The molecule has 0 aliphatic heterocycles. The number of rotatable bonds is 4. The van der Waals surface area contributed by atoms with Gasteiger partial charge in [0, 0.05) is 6.92 Å². The first-order valence-corrected chi connectivity index (χ1v) is 9.56. The third kappa shape index (κ3) is 5.38. The molecule has 0 aliphatic rings. The molecule has 0 N–H and O–H groups in total. The van der Waals surface area contributed by atoms with Gasteiger partial charge in [0.25, 0.3) is 0 Å². The number of aliphatic imine (C=N–C) groups is 2. The van der Waals surface area contributed by atoms with Crippen LogP contribution in [0.2, 0.25) is 0 Å². The van der Waals surface area contributed by atoms with E-state index in [2.05, 4.69) is 76.0 Å². The van der Waals surface area contributed by atoms with E-state index in [0.717, 1.165) is 45.1 Å². The highest BCUT2D eigenvalue weighted by Crippen LogP contribution is 2.26. The maximum atomic E-state index is 5.54. The fourth-order valence-corrected chi connectivity index (χ4v) is 3.32. The zero-order valence-corrected chi connectivity index (χ0v) is 18.6. The van der Waals surface area contributed by atoms with Crippen LogP contribution in [0.4, 0.5) is 11.4 Å². The van der Waals surface area contributed by atoms with Crippen LogP contribution in [0, 0.1) is 41.5 Å². The lowest BCUT2D eigenvalue weighted by atomic mass is 10.1. The van der Waals surface area contributed by atoms with Gasteiger partial charge in [-0.05, 0) is 77.6 Å². The molecule has 148 valence electrons. The highest BCUT2D eigenvalue weighted by Gasteiger charge is 2.07. The maximum absolute atomic E-state index is 5.54. The Balaban J connectivity index is 2.22. The van der Waals surface area contributed by atoms with Crippen LogP contribution < -0.4 is 0 Å². The van der Waals surface area contributed by atoms with Crippen LogP contribution in [-0.2, 0) is 4.84 Å². The Kier molecular flexibility index (Phi) is 6.90. The van der Waals surface area contributed by atoms with Gasteiger partial charge in [0.1, 0.15) is 0 Å². The molecule has 0 heterocycles. The summed E-state index contributed by atoms with van der Waals surface area (Å²) in [6, 6.07) is 8.53. The summed E-state index contributed by atoms with van der Waals surface area (Å²) >= 11 is 0. The number of hydrogen-bond acceptors (Lipinski definition) is 4. The van der Waals surface area contributed by atoms with Gasteiger partial charge in [-0.25, -0.2) is 4.99 Å². The minimum atomic E-state index is 0.505. The zero-order chi connectivity index (χ0) is 21.0. The van der Waals surface area contributed by atoms with Crippen molar-refractivity contribution in [2.45, 2.75) is 62.3 Å². The molecule has 4 nitrogen and oxygen atoms in total. The van der Waals surface area contributed by atoms with Gasteiger partial charge in [-0.2, -0.15) is 0 Å². The summed E-state index contributed by atoms with van der Waals surface area (Å²) in [4.78, 5) is 14.9. The summed E-state index contributed by atoms with van der Waals surface area (Å²) in [5, 5.41) is 4.23. The van der Waals surface area contributed by atoms with Crippen molar-refractivity contribution >= 4 is 28.7 Å². The Labute approximate surface area is 169 Å². The second-order valence-electron chi connectivity index (χ2n) is 7.59. The van der Waals surface area contributed by atoms with Gasteiger partial charge in [0.15, 0.2) is 0 Å². The van der Waals surface area contributed by atoms with Crippen molar-refractivity contribution in [3.63, 3.8) is 0 Å². The molecule has 4 heteroatoms. The number of benzene rings is 2. The lowest BCUT2D eigenvalue weighted by Crippen LogP contribution is -2.08. The molecule has 0 saturated heterocycles. The fourth-order valence-electron chi connectivity index (χ4n) is 3.32. The first kappa shape index (κ1) is 21.5. The number of oxime groups is 1. The van der Waals surface area contributed by atoms with Crippen molar-refractivity contribution in [3.05, 3.63) is 57.6 Å². The van der Waals surface area contributed by atoms with Crippen molar-refractivity contribution in [1.29, 1.82) is 0 Å². The topological polar surface area (TPSA) is 46.3 Å². The molecule has 28 heavy (non-hydrogen) atoms. The Bertz CT molecular complexity index is 935. The first-order chi connectivity index (χ1) is 13.1. The third-order valence-corrected chi connectivity index (χ3v) is 4.66. The van der Waals surface area contributed by atoms with E-state index in [1.807, 2.05) is 20.8 Å². The van der Waals surface area contributed by atoms with E-state index in [9.17, 15) is 0 Å². The molecule has 0 unspecified atom stereocenters. The van der Waals surface area contributed by atoms with Crippen LogP contribution in [0.3, 0.4) is 0 Å². The van der Waals surface area contributed by atoms with Crippen molar-refractivity contribution < 1.29 is 4.84 Å². The molecule has 0 bridgehead atoms. The average Bonchev–Trinajstić information content (AvgIpc) is 2.58. The third-order valence-electron chi connectivity index (χ3n) is 4.66. The van der Waals surface area contributed by atoms with Gasteiger partial charge in [-0.1, -0.05) is 40.5 Å². The molecule has 0 fully saturated rings. The molecule has 2 rings (SSSR count). The molecule has 0 saturated carbocycles. The smallest absolute Gasteiger partial charge is 0.222 e. The lowest BCUT2D eigenvalue weighted by molar-refractivity contribution is 0.326. The standard InChI is InChI=1S/C24H31N3O/c1-14-10-16(3)23(17(4)11-14)25-20(7)21(8)27-28-22(9)26-24-18(5)12-15(2)13-19(24)6/h10-13H,1-9H3. The SMILES string of the molecule is CC(=Nc1c(C)cc(C)cc1C)ON=C(C)C(C)=Nc1c(C)cc(C)cc1C. The number of aryl methyl sites for hydroxylation is 6. The van der Waals surface area contributed by atoms with Crippen LogP contribution >= 0.6 is 0 Å². The van der Waals surface area contributed by atoms with E-state index in [4.69, 9.17) is 9.83 Å². The molecule has 0 amide bonds. The maximum Gasteiger partial charge on any atom is 0.222 e. The monoisotopic (exact) mass is 377 g/mol. The van der Waals surface area contributed by atoms with Gasteiger partial charge >= 0.3 is 0 Å². The quantitative estimate of drug-likeness (QED) is 0.329. The minimum absolute atomic E-state index is 0.505. The average molecular weight is 378 g/mol. The van der Waals surface area contributed by atoms with Crippen LogP contribution in [0.1, 0.15) is 54.2 Å². The molecule has 0 atom stereocenters. The highest BCUT2D eigenvalue weighted by atomic mass is 16.6. The Morgan fingerprint density at radius 2 is 1.00 bits per heavy atom. The van der Waals surface area contributed by atoms with Gasteiger partial charge in [0.2, 0.25) is 5.90 Å². The van der Waals surface area contributed by atoms with Gasteiger partial charge in [-0.15, -0.1) is 0 Å². The van der Waals surface area contributed by atoms with E-state index < -0.39 is 0 Å². The van der Waals surface area contributed by atoms with Crippen LogP contribution in [0.5, 0.6) is 0 Å². The van der Waals surface area contributed by atoms with Gasteiger partial charge < -0.3 is 4.84 Å². The molecule has 0 aromatic heterocycles. The van der Waals surface area contributed by atoms with Gasteiger partial charge in [0.05, 0.1) is 22.8 Å². The molecule has 2 aromatic carbocycles. The first-order valence-electron chi connectivity index (χ1n) is 9.56. The zero-order valence-electron chi connectivity index (χ0n) is 18.6. The van der Waals surface area contributed by atoms with E-state index in [0.29, 0.717) is 5.90 Å². The number of hydrogen-bond donors (Lipinski definition) is 0. The van der Waals surface area contributed by atoms with Crippen molar-refractivity contribution in [2.24, 2.45) is 15.1 Å². The Hall–Kier alpha value is -2.75. The summed E-state index contributed by atoms with van der Waals surface area (Å²) in [6.45, 7) is 18.1. The van der Waals surface area contributed by atoms with E-state index in [1.165, 1.54) is 11.1 Å². The lowest BCUT2D eigenvalue weighted by Gasteiger charge is -2.09. The van der Waals surface area contributed by atoms with Crippen molar-refractivity contribution in [2.75, 3.05) is 0 Å². The predicted molar refractivity (Wildman–Crippen MR) is 121 cm³/mol. The predicted octanol–water partition coefficient (Wildman–Crippen LogP) is 6.77. The number of nitrogens with zero attached hydrogens (tertiary/aromatic N) is 3. The normalized spacial score (nSPS) is 13.1. The summed E-state index contributed by atoms with van der Waals surface area (Å²) in [7, 11) is 0. The van der Waals surface area contributed by atoms with Crippen LogP contribution in [0.25, 0.3) is 0 Å². The summed E-state index contributed by atoms with van der Waals surface area (Å²) < 4.78 is 0. The summed E-state index contributed by atoms with van der Waals surface area (Å²) in [5.41, 5.74) is 10.5. The second-order valence-corrected chi connectivity index (χ2v) is 7.59. The largest absolute Gasteiger partial charge is 0.341 e. The molecule has 0 spiro atoms.